The van der Waals surface area contributed by atoms with Crippen LogP contribution in [0.15, 0.2) is 35.1 Å². The Hall–Kier alpha value is -2.87. The minimum absolute atomic E-state index is 0.0808. The fraction of sp³-hybridized carbons (Fsp3) is 0.542. The largest absolute Gasteiger partial charge is 0.497 e. The van der Waals surface area contributed by atoms with E-state index in [2.05, 4.69) is 10.3 Å². The van der Waals surface area contributed by atoms with E-state index in [-0.39, 0.29) is 11.8 Å². The Morgan fingerprint density at radius 3 is 2.75 bits per heavy atom. The number of rotatable bonds is 7. The van der Waals surface area contributed by atoms with E-state index in [0.29, 0.717) is 42.3 Å². The molecule has 2 fully saturated rings. The summed E-state index contributed by atoms with van der Waals surface area (Å²) in [6.07, 6.45) is 4.82. The van der Waals surface area contributed by atoms with Gasteiger partial charge in [0.1, 0.15) is 5.75 Å². The van der Waals surface area contributed by atoms with E-state index in [4.69, 9.17) is 9.15 Å². The molecule has 3 atom stereocenters. The van der Waals surface area contributed by atoms with Crippen LogP contribution >= 0.6 is 0 Å². The van der Waals surface area contributed by atoms with Crippen molar-refractivity contribution in [2.75, 3.05) is 40.8 Å². The third kappa shape index (κ3) is 4.80. The lowest BCUT2D eigenvalue weighted by Crippen LogP contribution is -2.57. The number of piperidine rings is 2. The van der Waals surface area contributed by atoms with Gasteiger partial charge in [-0.3, -0.25) is 9.59 Å². The van der Waals surface area contributed by atoms with Crippen molar-refractivity contribution < 1.29 is 18.7 Å². The van der Waals surface area contributed by atoms with Crippen LogP contribution in [0.25, 0.3) is 11.3 Å². The number of amides is 2. The van der Waals surface area contributed by atoms with Gasteiger partial charge in [0, 0.05) is 45.2 Å². The number of carbonyl (C=O) groups excluding carboxylic acids is 2. The van der Waals surface area contributed by atoms with E-state index in [1.54, 1.807) is 26.1 Å². The molecule has 0 radical (unpaired) electrons. The van der Waals surface area contributed by atoms with E-state index < -0.39 is 0 Å². The van der Waals surface area contributed by atoms with Gasteiger partial charge in [-0.05, 0) is 61.9 Å². The summed E-state index contributed by atoms with van der Waals surface area (Å²) >= 11 is 0. The molecule has 2 aliphatic heterocycles. The molecule has 172 valence electrons. The van der Waals surface area contributed by atoms with Crippen molar-refractivity contribution in [3.8, 4) is 17.1 Å². The van der Waals surface area contributed by atoms with Crippen molar-refractivity contribution in [3.63, 3.8) is 0 Å². The van der Waals surface area contributed by atoms with Crippen molar-refractivity contribution in [2.45, 2.75) is 31.7 Å². The van der Waals surface area contributed by atoms with Gasteiger partial charge in [0.15, 0.2) is 17.8 Å². The summed E-state index contributed by atoms with van der Waals surface area (Å²) in [5.41, 5.74) is 1.16. The zero-order valence-electron chi connectivity index (χ0n) is 19.0. The zero-order valence-corrected chi connectivity index (χ0v) is 19.0. The predicted molar refractivity (Wildman–Crippen MR) is 120 cm³/mol. The fourth-order valence-corrected chi connectivity index (χ4v) is 4.87. The number of nitrogens with one attached hydrogen (secondary N) is 1. The van der Waals surface area contributed by atoms with E-state index in [1.165, 1.54) is 6.39 Å². The first-order valence-electron chi connectivity index (χ1n) is 11.3. The lowest BCUT2D eigenvalue weighted by atomic mass is 9.79. The number of methoxy groups -OCH3 is 1. The Labute approximate surface area is 188 Å². The summed E-state index contributed by atoms with van der Waals surface area (Å²) in [6.45, 7) is 2.32. The standard InChI is InChI=1S/C24H32N4O4/c1-27(2)21(29)6-4-5-20-18-11-16(12-25-20)13-28(14-18)24(30)22-23(32-15-26-22)17-7-9-19(31-3)10-8-17/h7-10,15-16,18,20,25H,4-6,11-14H2,1-3H3/t16-,18+,20+/m0/s1. The maximum atomic E-state index is 13.4. The number of hydrogen-bond donors (Lipinski definition) is 1. The minimum atomic E-state index is -0.0808. The first-order chi connectivity index (χ1) is 15.5. The van der Waals surface area contributed by atoms with Crippen molar-refractivity contribution in [1.82, 2.24) is 20.1 Å². The number of hydrogen-bond acceptors (Lipinski definition) is 6. The van der Waals surface area contributed by atoms with Crippen LogP contribution in [-0.2, 0) is 4.79 Å². The van der Waals surface area contributed by atoms with Crippen LogP contribution in [0.2, 0.25) is 0 Å². The molecule has 8 nitrogen and oxygen atoms in total. The summed E-state index contributed by atoms with van der Waals surface area (Å²) in [5, 5.41) is 3.66. The molecule has 0 aliphatic carbocycles. The minimum Gasteiger partial charge on any atom is -0.497 e. The van der Waals surface area contributed by atoms with Crippen molar-refractivity contribution in [1.29, 1.82) is 0 Å². The third-order valence-corrected chi connectivity index (χ3v) is 6.62. The van der Waals surface area contributed by atoms with Crippen LogP contribution < -0.4 is 10.1 Å². The molecule has 1 aromatic carbocycles. The number of ether oxygens (including phenoxy) is 1. The molecule has 2 amide bonds. The lowest BCUT2D eigenvalue weighted by Gasteiger charge is -2.46. The van der Waals surface area contributed by atoms with Gasteiger partial charge < -0.3 is 24.3 Å². The Morgan fingerprint density at radius 1 is 1.25 bits per heavy atom. The van der Waals surface area contributed by atoms with E-state index in [9.17, 15) is 9.59 Å². The first-order valence-corrected chi connectivity index (χ1v) is 11.3. The average Bonchev–Trinajstić information content (AvgIpc) is 3.29. The summed E-state index contributed by atoms with van der Waals surface area (Å²) in [4.78, 5) is 33.1. The van der Waals surface area contributed by atoms with Crippen molar-refractivity contribution >= 4 is 11.8 Å². The molecule has 2 saturated heterocycles. The molecule has 4 rings (SSSR count). The Balaban J connectivity index is 1.42. The molecule has 0 unspecified atom stereocenters. The summed E-state index contributed by atoms with van der Waals surface area (Å²) in [6, 6.07) is 7.75. The van der Waals surface area contributed by atoms with Gasteiger partial charge in [-0.2, -0.15) is 0 Å². The molecule has 0 spiro atoms. The molecule has 1 aromatic heterocycles. The zero-order chi connectivity index (χ0) is 22.7. The maximum Gasteiger partial charge on any atom is 0.276 e. The van der Waals surface area contributed by atoms with Gasteiger partial charge in [0.05, 0.1) is 7.11 Å². The second kappa shape index (κ2) is 9.73. The van der Waals surface area contributed by atoms with Gasteiger partial charge in [0.25, 0.3) is 5.91 Å². The van der Waals surface area contributed by atoms with E-state index in [0.717, 1.165) is 43.7 Å². The SMILES string of the molecule is COc1ccc(-c2ocnc2C(=O)N2C[C@@H]3CN[C@H](CCCC(=O)N(C)C)[C@H](C3)C2)cc1. The predicted octanol–water partition coefficient (Wildman–Crippen LogP) is 2.66. The summed E-state index contributed by atoms with van der Waals surface area (Å²) in [7, 11) is 5.20. The third-order valence-electron chi connectivity index (χ3n) is 6.62. The topological polar surface area (TPSA) is 87.9 Å². The monoisotopic (exact) mass is 440 g/mol. The second-order valence-corrected chi connectivity index (χ2v) is 9.03. The molecule has 8 heteroatoms. The molecular weight excluding hydrogens is 408 g/mol. The maximum absolute atomic E-state index is 13.4. The number of fused-ring (bicyclic) bond motifs is 2. The second-order valence-electron chi connectivity index (χ2n) is 9.03. The summed E-state index contributed by atoms with van der Waals surface area (Å²) in [5.74, 6) is 2.14. The molecule has 2 bridgehead atoms. The highest BCUT2D eigenvalue weighted by Gasteiger charge is 2.39. The van der Waals surface area contributed by atoms with Crippen LogP contribution in [0.4, 0.5) is 0 Å². The lowest BCUT2D eigenvalue weighted by molar-refractivity contribution is -0.128. The van der Waals surface area contributed by atoms with Crippen molar-refractivity contribution in [2.24, 2.45) is 11.8 Å². The highest BCUT2D eigenvalue weighted by atomic mass is 16.5. The molecule has 0 saturated carbocycles. The highest BCUT2D eigenvalue weighted by molar-refractivity contribution is 5.97. The van der Waals surface area contributed by atoms with E-state index in [1.807, 2.05) is 29.2 Å². The number of carbonyl (C=O) groups is 2. The quantitative estimate of drug-likeness (QED) is 0.712. The van der Waals surface area contributed by atoms with Crippen molar-refractivity contribution in [3.05, 3.63) is 36.4 Å². The molecular formula is C24H32N4O4. The van der Waals surface area contributed by atoms with Crippen LogP contribution in [0.1, 0.15) is 36.2 Å². The number of aromatic nitrogens is 1. The smallest absolute Gasteiger partial charge is 0.276 e. The molecule has 2 aromatic rings. The molecule has 1 N–H and O–H groups in total. The Bertz CT molecular complexity index is 940. The van der Waals surface area contributed by atoms with Gasteiger partial charge in [-0.1, -0.05) is 0 Å². The number of nitrogens with zero attached hydrogens (tertiary/aromatic N) is 3. The van der Waals surface area contributed by atoms with Crippen LogP contribution in [-0.4, -0.2) is 73.5 Å². The van der Waals surface area contributed by atoms with Gasteiger partial charge >= 0.3 is 0 Å². The highest BCUT2D eigenvalue weighted by Crippen LogP contribution is 2.33. The van der Waals surface area contributed by atoms with Gasteiger partial charge in [0.2, 0.25) is 5.91 Å². The van der Waals surface area contributed by atoms with Crippen LogP contribution in [0.3, 0.4) is 0 Å². The Kier molecular flexibility index (Phi) is 6.79. The number of benzene rings is 1. The average molecular weight is 441 g/mol. The number of oxazole rings is 1. The molecule has 2 aliphatic rings. The van der Waals surface area contributed by atoms with Gasteiger partial charge in [-0.15, -0.1) is 0 Å². The van der Waals surface area contributed by atoms with E-state index >= 15 is 0 Å². The fourth-order valence-electron chi connectivity index (χ4n) is 4.87. The normalized spacial score (nSPS) is 22.5. The number of likely N-dealkylation sites (tertiary alicyclic amines) is 1. The molecule has 3 heterocycles. The summed E-state index contributed by atoms with van der Waals surface area (Å²) < 4.78 is 10.8. The molecule has 32 heavy (non-hydrogen) atoms. The Morgan fingerprint density at radius 2 is 2.03 bits per heavy atom. The van der Waals surface area contributed by atoms with Gasteiger partial charge in [-0.25, -0.2) is 4.98 Å². The van der Waals surface area contributed by atoms with Crippen LogP contribution in [0, 0.1) is 11.8 Å². The van der Waals surface area contributed by atoms with Crippen LogP contribution in [0.5, 0.6) is 5.75 Å². The first kappa shape index (κ1) is 22.3.